The maximum atomic E-state index is 13.3. The van der Waals surface area contributed by atoms with E-state index in [1.54, 1.807) is 13.8 Å². The smallest absolute Gasteiger partial charge is 0.246 e. The van der Waals surface area contributed by atoms with Crippen molar-refractivity contribution in [3.05, 3.63) is 29.6 Å². The third-order valence-corrected chi connectivity index (χ3v) is 2.69. The zero-order valence-electron chi connectivity index (χ0n) is 10.5. The number of nitrogens with two attached hydrogens (primary N) is 1. The zero-order valence-corrected chi connectivity index (χ0v) is 10.5. The highest BCUT2D eigenvalue weighted by Gasteiger charge is 2.34. The van der Waals surface area contributed by atoms with E-state index in [1.807, 2.05) is 0 Å². The number of halogens is 1. The Morgan fingerprint density at radius 1 is 1.47 bits per heavy atom. The van der Waals surface area contributed by atoms with Crippen LogP contribution >= 0.6 is 0 Å². The van der Waals surface area contributed by atoms with Gasteiger partial charge in [0.2, 0.25) is 5.91 Å². The topological polar surface area (TPSA) is 55.6 Å². The Bertz CT molecular complexity index is 431. The normalized spacial score (nSPS) is 11.2. The number of ether oxygens (including phenoxy) is 1. The molecular weight excluding hydrogens is 223 g/mol. The molecule has 5 heteroatoms. The highest BCUT2D eigenvalue weighted by molar-refractivity contribution is 5.87. The summed E-state index contributed by atoms with van der Waals surface area (Å²) in [5.41, 5.74) is -0.473. The van der Waals surface area contributed by atoms with Crippen molar-refractivity contribution >= 4 is 5.91 Å². The van der Waals surface area contributed by atoms with E-state index in [0.717, 1.165) is 5.01 Å². The van der Waals surface area contributed by atoms with Crippen LogP contribution in [-0.2, 0) is 10.2 Å². The molecule has 0 aliphatic rings. The van der Waals surface area contributed by atoms with Crippen molar-refractivity contribution in [1.82, 2.24) is 5.01 Å². The van der Waals surface area contributed by atoms with Crippen LogP contribution in [0.4, 0.5) is 4.39 Å². The van der Waals surface area contributed by atoms with E-state index in [1.165, 1.54) is 32.4 Å². The van der Waals surface area contributed by atoms with Gasteiger partial charge in [-0.25, -0.2) is 10.2 Å². The van der Waals surface area contributed by atoms with Gasteiger partial charge < -0.3 is 4.74 Å². The average Bonchev–Trinajstić information content (AvgIpc) is 2.27. The van der Waals surface area contributed by atoms with Crippen molar-refractivity contribution in [2.24, 2.45) is 5.84 Å². The molecule has 0 aromatic heterocycles. The molecule has 0 atom stereocenters. The Kier molecular flexibility index (Phi) is 3.72. The van der Waals surface area contributed by atoms with Gasteiger partial charge in [0.15, 0.2) is 0 Å². The zero-order chi connectivity index (χ0) is 13.2. The highest BCUT2D eigenvalue weighted by atomic mass is 19.1. The molecule has 4 nitrogen and oxygen atoms in total. The van der Waals surface area contributed by atoms with Gasteiger partial charge in [-0.3, -0.25) is 9.80 Å². The minimum absolute atomic E-state index is 0.318. The van der Waals surface area contributed by atoms with Gasteiger partial charge >= 0.3 is 0 Å². The van der Waals surface area contributed by atoms with Gasteiger partial charge in [0, 0.05) is 12.6 Å². The molecule has 0 spiro atoms. The molecule has 0 bridgehead atoms. The molecule has 1 rings (SSSR count). The van der Waals surface area contributed by atoms with Crippen molar-refractivity contribution in [1.29, 1.82) is 0 Å². The quantitative estimate of drug-likeness (QED) is 0.494. The molecular formula is C12H17FN2O2. The number of amides is 1. The number of benzene rings is 1. The first kappa shape index (κ1) is 13.4. The van der Waals surface area contributed by atoms with Crippen molar-refractivity contribution in [2.45, 2.75) is 19.3 Å². The molecule has 0 radical (unpaired) electrons. The van der Waals surface area contributed by atoms with E-state index >= 15 is 0 Å². The van der Waals surface area contributed by atoms with Crippen LogP contribution in [0.3, 0.4) is 0 Å². The van der Waals surface area contributed by atoms with E-state index in [4.69, 9.17) is 10.6 Å². The number of likely N-dealkylation sites (N-methyl/N-ethyl adjacent to an activating group) is 1. The van der Waals surface area contributed by atoms with E-state index < -0.39 is 11.2 Å². The minimum Gasteiger partial charge on any atom is -0.496 e. The summed E-state index contributed by atoms with van der Waals surface area (Å²) in [6.45, 7) is 3.35. The van der Waals surface area contributed by atoms with Crippen LogP contribution in [-0.4, -0.2) is 25.1 Å². The minimum atomic E-state index is -0.947. The fraction of sp³-hybridized carbons (Fsp3) is 0.417. The lowest BCUT2D eigenvalue weighted by Gasteiger charge is -2.28. The highest BCUT2D eigenvalue weighted by Crippen LogP contribution is 2.33. The molecule has 17 heavy (non-hydrogen) atoms. The first-order valence-electron chi connectivity index (χ1n) is 5.17. The monoisotopic (exact) mass is 240 g/mol. The Balaban J connectivity index is 3.31. The van der Waals surface area contributed by atoms with Crippen LogP contribution in [0.25, 0.3) is 0 Å². The molecule has 0 aliphatic heterocycles. The largest absolute Gasteiger partial charge is 0.496 e. The van der Waals surface area contributed by atoms with E-state index in [2.05, 4.69) is 0 Å². The molecule has 0 saturated carbocycles. The van der Waals surface area contributed by atoms with Crippen molar-refractivity contribution in [2.75, 3.05) is 14.2 Å². The lowest BCUT2D eigenvalue weighted by molar-refractivity contribution is -0.135. The summed E-state index contributed by atoms with van der Waals surface area (Å²) < 4.78 is 18.4. The Labute approximate surface area is 100 Å². The molecule has 0 fully saturated rings. The van der Waals surface area contributed by atoms with E-state index in [9.17, 15) is 9.18 Å². The summed E-state index contributed by atoms with van der Waals surface area (Å²) in [4.78, 5) is 12.0. The second kappa shape index (κ2) is 4.71. The van der Waals surface area contributed by atoms with Crippen LogP contribution < -0.4 is 10.6 Å². The Morgan fingerprint density at radius 2 is 2.06 bits per heavy atom. The fourth-order valence-corrected chi connectivity index (χ4v) is 1.72. The standard InChI is InChI=1S/C12H17FN2O2/c1-12(2,11(16)15(3)14)9-7-8(13)5-6-10(9)17-4/h5-7H,14H2,1-4H3. The Hall–Kier alpha value is -1.62. The Morgan fingerprint density at radius 3 is 2.53 bits per heavy atom. The summed E-state index contributed by atoms with van der Waals surface area (Å²) in [5, 5.41) is 0.990. The summed E-state index contributed by atoms with van der Waals surface area (Å²) in [6, 6.07) is 4.07. The lowest BCUT2D eigenvalue weighted by Crippen LogP contribution is -2.45. The number of methoxy groups -OCH3 is 1. The molecule has 2 N–H and O–H groups in total. The second-order valence-electron chi connectivity index (χ2n) is 4.39. The predicted octanol–water partition coefficient (Wildman–Crippen LogP) is 1.44. The van der Waals surface area contributed by atoms with Gasteiger partial charge in [0.05, 0.1) is 12.5 Å². The number of hydrogen-bond acceptors (Lipinski definition) is 3. The third kappa shape index (κ3) is 2.55. The predicted molar refractivity (Wildman–Crippen MR) is 62.9 cm³/mol. The lowest BCUT2D eigenvalue weighted by atomic mass is 9.83. The number of hydrazine groups is 1. The summed E-state index contributed by atoms with van der Waals surface area (Å²) in [7, 11) is 2.93. The van der Waals surface area contributed by atoms with Gasteiger partial charge in [-0.15, -0.1) is 0 Å². The molecule has 0 heterocycles. The fourth-order valence-electron chi connectivity index (χ4n) is 1.72. The second-order valence-corrected chi connectivity index (χ2v) is 4.39. The molecule has 94 valence electrons. The molecule has 0 aliphatic carbocycles. The first-order valence-corrected chi connectivity index (χ1v) is 5.17. The molecule has 0 saturated heterocycles. The van der Waals surface area contributed by atoms with Crippen LogP contribution in [0.2, 0.25) is 0 Å². The number of carbonyl (C=O) groups excluding carboxylic acids is 1. The number of carbonyl (C=O) groups is 1. The summed E-state index contributed by atoms with van der Waals surface area (Å²) in [6.07, 6.45) is 0. The summed E-state index contributed by atoms with van der Waals surface area (Å²) >= 11 is 0. The summed E-state index contributed by atoms with van der Waals surface area (Å²) in [5.74, 6) is 5.17. The first-order chi connectivity index (χ1) is 7.80. The molecule has 0 unspecified atom stereocenters. The van der Waals surface area contributed by atoms with Crippen molar-refractivity contribution in [3.8, 4) is 5.75 Å². The van der Waals surface area contributed by atoms with Crippen molar-refractivity contribution in [3.63, 3.8) is 0 Å². The number of hydrogen-bond donors (Lipinski definition) is 1. The van der Waals surface area contributed by atoms with Gasteiger partial charge in [0.1, 0.15) is 11.6 Å². The number of rotatable bonds is 3. The van der Waals surface area contributed by atoms with Crippen molar-refractivity contribution < 1.29 is 13.9 Å². The van der Waals surface area contributed by atoms with Crippen LogP contribution in [0.15, 0.2) is 18.2 Å². The van der Waals surface area contributed by atoms with Crippen LogP contribution in [0.1, 0.15) is 19.4 Å². The average molecular weight is 240 g/mol. The third-order valence-electron chi connectivity index (χ3n) is 2.69. The maximum absolute atomic E-state index is 13.3. The SMILES string of the molecule is COc1ccc(F)cc1C(C)(C)C(=O)N(C)N. The van der Waals surface area contributed by atoms with Crippen LogP contribution in [0.5, 0.6) is 5.75 Å². The van der Waals surface area contributed by atoms with Crippen LogP contribution in [0, 0.1) is 5.82 Å². The van der Waals surface area contributed by atoms with Gasteiger partial charge in [0.25, 0.3) is 0 Å². The molecule has 1 amide bonds. The number of nitrogens with zero attached hydrogens (tertiary/aromatic N) is 1. The van der Waals surface area contributed by atoms with Gasteiger partial charge in [-0.1, -0.05) is 0 Å². The maximum Gasteiger partial charge on any atom is 0.246 e. The van der Waals surface area contributed by atoms with Gasteiger partial charge in [-0.2, -0.15) is 0 Å². The molecule has 1 aromatic rings. The van der Waals surface area contributed by atoms with Gasteiger partial charge in [-0.05, 0) is 32.0 Å². The molecule has 1 aromatic carbocycles. The van der Waals surface area contributed by atoms with E-state index in [0.29, 0.717) is 11.3 Å². The van der Waals surface area contributed by atoms with E-state index in [-0.39, 0.29) is 5.91 Å².